The first-order valence-corrected chi connectivity index (χ1v) is 9.41. The third kappa shape index (κ3) is 4.83. The van der Waals surface area contributed by atoms with E-state index in [9.17, 15) is 33.8 Å². The molecule has 10 heteroatoms. The number of halogens is 7. The van der Waals surface area contributed by atoms with Crippen LogP contribution in [0.5, 0.6) is 0 Å². The van der Waals surface area contributed by atoms with E-state index in [4.69, 9.17) is 0 Å². The van der Waals surface area contributed by atoms with Crippen LogP contribution < -0.4 is 0 Å². The third-order valence-corrected chi connectivity index (χ3v) is 5.85. The van der Waals surface area contributed by atoms with Crippen LogP contribution in [-0.4, -0.2) is 49.2 Å². The van der Waals surface area contributed by atoms with Gasteiger partial charge in [0, 0.05) is 0 Å². The van der Waals surface area contributed by atoms with Crippen LogP contribution in [0.2, 0.25) is 0 Å². The number of rotatable bonds is 9. The zero-order valence-corrected chi connectivity index (χ0v) is 12.8. The first-order valence-electron chi connectivity index (χ1n) is 5.43. The van der Waals surface area contributed by atoms with E-state index in [0.717, 1.165) is 6.42 Å². The van der Waals surface area contributed by atoms with Crippen molar-refractivity contribution in [2.75, 3.05) is 6.61 Å². The van der Waals surface area contributed by atoms with Gasteiger partial charge in [0.25, 0.3) is 0 Å². The quantitative estimate of drug-likeness (QED) is 0.334. The van der Waals surface area contributed by atoms with Gasteiger partial charge in [-0.1, -0.05) is 0 Å². The van der Waals surface area contributed by atoms with Crippen LogP contribution in [0.4, 0.5) is 30.7 Å². The average molecular weight is 405 g/mol. The molecule has 0 amide bonds. The van der Waals surface area contributed by atoms with Crippen molar-refractivity contribution in [2.24, 2.45) is 0 Å². The maximum absolute atomic E-state index is 13.0. The first kappa shape index (κ1) is 19.1. The molecule has 0 saturated carbocycles. The number of alkyl halides is 7. The Morgan fingerprint density at radius 1 is 1.05 bits per heavy atom. The molecule has 0 spiro atoms. The molecule has 0 aliphatic carbocycles. The van der Waals surface area contributed by atoms with E-state index in [1.165, 1.54) is 0 Å². The van der Waals surface area contributed by atoms with E-state index in [0.29, 0.717) is 12.8 Å². The summed E-state index contributed by atoms with van der Waals surface area (Å²) in [5.41, 5.74) is 0. The molecular weight excluding hydrogens is 392 g/mol. The molecule has 19 heavy (non-hydrogen) atoms. The van der Waals surface area contributed by atoms with Crippen molar-refractivity contribution >= 4 is 20.2 Å². The van der Waals surface area contributed by atoms with Gasteiger partial charge in [-0.3, -0.25) is 0 Å². The molecule has 0 aromatic rings. The van der Waals surface area contributed by atoms with Crippen molar-refractivity contribution in [3.63, 3.8) is 0 Å². The Bertz CT molecular complexity index is 298. The molecule has 0 saturated heterocycles. The predicted octanol–water partition coefficient (Wildman–Crippen LogP) is 3.52. The van der Waals surface area contributed by atoms with Gasteiger partial charge in [-0.15, -0.1) is 0 Å². The van der Waals surface area contributed by atoms with Crippen molar-refractivity contribution < 1.29 is 36.9 Å². The number of unbranched alkanes of at least 4 members (excludes halogenated alkanes) is 2. The summed E-state index contributed by atoms with van der Waals surface area (Å²) in [5, 5.41) is 0. The molecule has 0 aromatic carbocycles. The zero-order chi connectivity index (χ0) is 15.3. The van der Waals surface area contributed by atoms with Crippen molar-refractivity contribution in [3.05, 3.63) is 0 Å². The maximum atomic E-state index is 13.0. The summed E-state index contributed by atoms with van der Waals surface area (Å²) in [4.78, 5) is 0. The standard InChI is InChI=1S/C5H11O.C4H2F7.O.Sn/c1-2-3-4-5-6;5-1-3(8,9)4(10,11)2(6)7;;/h2-5H2,1H3;1-2H;;/q-1;;;+1. The van der Waals surface area contributed by atoms with Gasteiger partial charge in [-0.05, 0) is 0 Å². The van der Waals surface area contributed by atoms with Gasteiger partial charge in [-0.2, -0.15) is 0 Å². The number of hydrogen-bond donors (Lipinski definition) is 0. The molecule has 114 valence electrons. The van der Waals surface area contributed by atoms with Crippen LogP contribution in [0.15, 0.2) is 0 Å². The second-order valence-electron chi connectivity index (χ2n) is 3.78. The summed E-state index contributed by atoms with van der Waals surface area (Å²) in [6, 6.07) is 0. The van der Waals surface area contributed by atoms with Gasteiger partial charge in [0.1, 0.15) is 0 Å². The van der Waals surface area contributed by atoms with Crippen LogP contribution in [-0.2, 0) is 6.15 Å². The first-order chi connectivity index (χ1) is 8.59. The average Bonchev–Trinajstić information content (AvgIpc) is 2.32. The molecule has 0 aliphatic heterocycles. The molecule has 1 unspecified atom stereocenters. The minimum atomic E-state index is -5.88. The van der Waals surface area contributed by atoms with E-state index < -0.39 is 42.6 Å². The van der Waals surface area contributed by atoms with Gasteiger partial charge in [0.2, 0.25) is 0 Å². The summed E-state index contributed by atoms with van der Waals surface area (Å²) in [6.07, 6.45) is -3.14. The van der Waals surface area contributed by atoms with E-state index in [1.54, 1.807) is 6.92 Å². The van der Waals surface area contributed by atoms with Crippen LogP contribution >= 0.6 is 0 Å². The van der Waals surface area contributed by atoms with E-state index in [1.807, 2.05) is 0 Å². The Hall–Kier alpha value is 0.0687. The van der Waals surface area contributed by atoms with Gasteiger partial charge >= 0.3 is 112 Å². The van der Waals surface area contributed by atoms with E-state index in [-0.39, 0.29) is 6.61 Å². The normalized spacial score (nSPS) is 14.8. The summed E-state index contributed by atoms with van der Waals surface area (Å²) in [6.45, 7) is 1.48. The SMILES string of the molecule is CCCCC[O][Sn](=[O])[CH](F)C(F)(F)C(F)(F)C(F)F. The summed E-state index contributed by atoms with van der Waals surface area (Å²) >= 11 is -5.19. The Morgan fingerprint density at radius 2 is 1.58 bits per heavy atom. The van der Waals surface area contributed by atoms with Gasteiger partial charge < -0.3 is 0 Å². The van der Waals surface area contributed by atoms with Gasteiger partial charge in [0.15, 0.2) is 0 Å². The van der Waals surface area contributed by atoms with Gasteiger partial charge in [0.05, 0.1) is 0 Å². The van der Waals surface area contributed by atoms with Crippen molar-refractivity contribution in [3.8, 4) is 0 Å². The minimum absolute atomic E-state index is 0.298. The second kappa shape index (κ2) is 7.75. The summed E-state index contributed by atoms with van der Waals surface area (Å²) < 4.78 is 98.6. The molecule has 0 N–H and O–H groups in total. The third-order valence-electron chi connectivity index (χ3n) is 2.24. The molecule has 0 fully saturated rings. The summed E-state index contributed by atoms with van der Waals surface area (Å²) in [5.74, 6) is -11.6. The van der Waals surface area contributed by atoms with Crippen LogP contribution in [0.25, 0.3) is 0 Å². The van der Waals surface area contributed by atoms with Crippen molar-refractivity contribution in [1.29, 1.82) is 0 Å². The molecular formula is C9H13F7O2Sn. The molecule has 1 atom stereocenters. The van der Waals surface area contributed by atoms with E-state index in [2.05, 4.69) is 3.07 Å². The Balaban J connectivity index is 4.61. The molecule has 0 rings (SSSR count). The second-order valence-corrected chi connectivity index (χ2v) is 7.88. The molecule has 0 aromatic heterocycles. The Morgan fingerprint density at radius 3 is 2.00 bits per heavy atom. The molecule has 0 aliphatic rings. The predicted molar refractivity (Wildman–Crippen MR) is 52.7 cm³/mol. The molecule has 2 nitrogen and oxygen atoms in total. The van der Waals surface area contributed by atoms with Crippen LogP contribution in [0.3, 0.4) is 0 Å². The molecule has 0 radical (unpaired) electrons. The zero-order valence-electron chi connectivity index (χ0n) is 9.95. The fraction of sp³-hybridized carbons (Fsp3) is 1.00. The number of hydrogen-bond acceptors (Lipinski definition) is 2. The van der Waals surface area contributed by atoms with E-state index >= 15 is 0 Å². The van der Waals surface area contributed by atoms with Crippen molar-refractivity contribution in [2.45, 2.75) is 48.6 Å². The van der Waals surface area contributed by atoms with Gasteiger partial charge in [-0.25, -0.2) is 0 Å². The molecule has 0 bridgehead atoms. The van der Waals surface area contributed by atoms with Crippen LogP contribution in [0.1, 0.15) is 26.2 Å². The monoisotopic (exact) mass is 406 g/mol. The van der Waals surface area contributed by atoms with Crippen LogP contribution in [0, 0.1) is 0 Å². The Labute approximate surface area is 113 Å². The fourth-order valence-corrected chi connectivity index (χ4v) is 3.86. The van der Waals surface area contributed by atoms with Crippen molar-refractivity contribution in [1.82, 2.24) is 0 Å². The Kier molecular flexibility index (Phi) is 7.77. The fourth-order valence-electron chi connectivity index (χ4n) is 1.06. The topological polar surface area (TPSA) is 26.3 Å². The summed E-state index contributed by atoms with van der Waals surface area (Å²) in [7, 11) is 0. The molecule has 0 heterocycles.